The predicted molar refractivity (Wildman–Crippen MR) is 167 cm³/mol. The lowest BCUT2D eigenvalue weighted by Crippen LogP contribution is -2.38. The van der Waals surface area contributed by atoms with E-state index in [1.165, 1.54) is 5.56 Å². The fourth-order valence-electron chi connectivity index (χ4n) is 5.68. The molecule has 3 aromatic carbocycles. The number of carbonyl (C=O) groups is 2. The minimum Gasteiger partial charge on any atom is -0.497 e. The fraction of sp³-hybridized carbons (Fsp3) is 0.353. The van der Waals surface area contributed by atoms with Crippen LogP contribution >= 0.6 is 11.6 Å². The van der Waals surface area contributed by atoms with Crippen LogP contribution < -0.4 is 9.64 Å². The first-order valence-corrected chi connectivity index (χ1v) is 15.0. The maximum Gasteiger partial charge on any atom is 0.258 e. The van der Waals surface area contributed by atoms with Crippen LogP contribution in [0, 0.1) is 6.92 Å². The largest absolute Gasteiger partial charge is 0.497 e. The van der Waals surface area contributed by atoms with Crippen LogP contribution in [0.1, 0.15) is 53.4 Å². The van der Waals surface area contributed by atoms with Crippen LogP contribution in [0.25, 0.3) is 11.0 Å². The topological polar surface area (TPSA) is 66.2 Å². The van der Waals surface area contributed by atoms with Crippen molar-refractivity contribution in [2.75, 3.05) is 38.2 Å². The number of methoxy groups -OCH3 is 1. The Morgan fingerprint density at radius 1 is 0.976 bits per heavy atom. The highest BCUT2D eigenvalue weighted by Crippen LogP contribution is 2.32. The molecule has 0 saturated heterocycles. The number of ether oxygens (including phenoxy) is 1. The van der Waals surface area contributed by atoms with E-state index in [9.17, 15) is 9.59 Å². The van der Waals surface area contributed by atoms with Crippen molar-refractivity contribution in [2.24, 2.45) is 0 Å². The number of aryl methyl sites for hydroxylation is 1. The summed E-state index contributed by atoms with van der Waals surface area (Å²) in [7, 11) is 1.61. The summed E-state index contributed by atoms with van der Waals surface area (Å²) in [5.41, 5.74) is 4.04. The monoisotopic (exact) mass is 587 g/mol. The summed E-state index contributed by atoms with van der Waals surface area (Å²) in [6.07, 6.45) is 2.00. The van der Waals surface area contributed by atoms with Gasteiger partial charge < -0.3 is 19.0 Å². The third-order valence-corrected chi connectivity index (χ3v) is 8.06. The molecule has 0 fully saturated rings. The average molecular weight is 588 g/mol. The molecule has 0 bridgehead atoms. The van der Waals surface area contributed by atoms with E-state index < -0.39 is 0 Å². The van der Waals surface area contributed by atoms with E-state index in [0.29, 0.717) is 60.3 Å². The lowest BCUT2D eigenvalue weighted by atomic mass is 10.1. The Bertz CT molecular complexity index is 1550. The molecule has 4 aromatic rings. The molecule has 7 nitrogen and oxygen atoms in total. The van der Waals surface area contributed by atoms with Crippen LogP contribution in [0.3, 0.4) is 0 Å². The van der Waals surface area contributed by atoms with Gasteiger partial charge in [-0.3, -0.25) is 14.5 Å². The van der Waals surface area contributed by atoms with E-state index in [4.69, 9.17) is 20.8 Å². The molecule has 2 amide bonds. The van der Waals surface area contributed by atoms with Gasteiger partial charge in [0.1, 0.15) is 17.1 Å². The molecule has 0 spiro atoms. The third-order valence-electron chi connectivity index (χ3n) is 7.83. The van der Waals surface area contributed by atoms with Crippen LogP contribution in [0.5, 0.6) is 5.75 Å². The molecule has 1 aromatic heterocycles. The van der Waals surface area contributed by atoms with Gasteiger partial charge >= 0.3 is 0 Å². The summed E-state index contributed by atoms with van der Waals surface area (Å²) in [5.74, 6) is 1.17. The minimum atomic E-state index is -0.120. The number of hydrogen-bond acceptors (Lipinski definition) is 5. The van der Waals surface area contributed by atoms with E-state index in [1.807, 2.05) is 78.2 Å². The predicted octanol–water partition coefficient (Wildman–Crippen LogP) is 7.08. The van der Waals surface area contributed by atoms with Gasteiger partial charge in [-0.2, -0.15) is 0 Å². The van der Waals surface area contributed by atoms with Gasteiger partial charge in [-0.15, -0.1) is 0 Å². The SMILES string of the molecule is CCCC(=O)N1CCCN(Cc2ccccc2)CCN(C(=O)c2c(C)oc3ccc(OC)cc23)Cc2ccc(Cl)cc21. The Balaban J connectivity index is 1.56. The highest BCUT2D eigenvalue weighted by atomic mass is 35.5. The molecule has 42 heavy (non-hydrogen) atoms. The molecule has 0 saturated carbocycles. The Hall–Kier alpha value is -3.81. The molecule has 0 aliphatic carbocycles. The van der Waals surface area contributed by atoms with Gasteiger partial charge in [0.25, 0.3) is 5.91 Å². The molecule has 5 rings (SSSR count). The number of hydrogen-bond donors (Lipinski definition) is 0. The molecule has 1 aliphatic rings. The molecule has 0 unspecified atom stereocenters. The number of furan rings is 1. The molecule has 220 valence electrons. The Morgan fingerprint density at radius 3 is 2.55 bits per heavy atom. The van der Waals surface area contributed by atoms with Gasteiger partial charge in [-0.05, 0) is 61.2 Å². The first kappa shape index (κ1) is 29.7. The molecular weight excluding hydrogens is 550 g/mol. The first-order valence-electron chi connectivity index (χ1n) is 14.6. The van der Waals surface area contributed by atoms with Crippen molar-refractivity contribution in [2.45, 2.75) is 46.2 Å². The van der Waals surface area contributed by atoms with Crippen molar-refractivity contribution in [3.05, 3.63) is 94.2 Å². The van der Waals surface area contributed by atoms with Gasteiger partial charge in [0.2, 0.25) is 5.91 Å². The number of fused-ring (bicyclic) bond motifs is 2. The Kier molecular flexibility index (Phi) is 9.50. The van der Waals surface area contributed by atoms with Crippen molar-refractivity contribution >= 4 is 40.1 Å². The maximum atomic E-state index is 14.4. The van der Waals surface area contributed by atoms with Gasteiger partial charge in [-0.25, -0.2) is 0 Å². The van der Waals surface area contributed by atoms with E-state index in [0.717, 1.165) is 42.6 Å². The zero-order chi connectivity index (χ0) is 29.6. The van der Waals surface area contributed by atoms with Crippen molar-refractivity contribution in [3.63, 3.8) is 0 Å². The van der Waals surface area contributed by atoms with Crippen molar-refractivity contribution in [1.82, 2.24) is 9.80 Å². The lowest BCUT2D eigenvalue weighted by Gasteiger charge is -2.28. The Labute approximate surface area is 252 Å². The number of nitrogens with zero attached hydrogens (tertiary/aromatic N) is 3. The zero-order valence-corrected chi connectivity index (χ0v) is 25.3. The van der Waals surface area contributed by atoms with Crippen LogP contribution in [0.15, 0.2) is 71.1 Å². The summed E-state index contributed by atoms with van der Waals surface area (Å²) < 4.78 is 11.5. The summed E-state index contributed by atoms with van der Waals surface area (Å²) in [6, 6.07) is 21.5. The average Bonchev–Trinajstić information content (AvgIpc) is 3.31. The zero-order valence-electron chi connectivity index (χ0n) is 24.6. The van der Waals surface area contributed by atoms with Gasteiger partial charge in [0.15, 0.2) is 0 Å². The highest BCUT2D eigenvalue weighted by molar-refractivity contribution is 6.31. The summed E-state index contributed by atoms with van der Waals surface area (Å²) in [5, 5.41) is 1.29. The highest BCUT2D eigenvalue weighted by Gasteiger charge is 2.28. The molecular formula is C34H38ClN3O4. The normalized spacial score (nSPS) is 14.9. The number of anilines is 1. The second kappa shape index (κ2) is 13.4. The summed E-state index contributed by atoms with van der Waals surface area (Å²) in [4.78, 5) is 33.9. The maximum absolute atomic E-state index is 14.4. The third kappa shape index (κ3) is 6.63. The van der Waals surface area contributed by atoms with Gasteiger partial charge in [0.05, 0.1) is 18.4 Å². The standard InChI is InChI=1S/C34H38ClN3O4/c1-4-9-32(39)38-17-8-16-36(22-25-10-6-5-7-11-25)18-19-37(23-26-12-13-27(35)20-30(26)38)34(40)33-24(2)42-31-15-14-28(41-3)21-29(31)33/h5-7,10-15,20-21H,4,8-9,16-19,22-23H2,1-3H3. The second-order valence-corrected chi connectivity index (χ2v) is 11.2. The fourth-order valence-corrected chi connectivity index (χ4v) is 5.85. The number of benzene rings is 3. The molecule has 8 heteroatoms. The number of amides is 2. The summed E-state index contributed by atoms with van der Waals surface area (Å²) >= 11 is 6.48. The first-order chi connectivity index (χ1) is 20.4. The smallest absolute Gasteiger partial charge is 0.258 e. The van der Waals surface area contributed by atoms with E-state index in [-0.39, 0.29) is 11.8 Å². The lowest BCUT2D eigenvalue weighted by molar-refractivity contribution is -0.118. The van der Waals surface area contributed by atoms with E-state index in [2.05, 4.69) is 17.0 Å². The van der Waals surface area contributed by atoms with Gasteiger partial charge in [-0.1, -0.05) is 54.9 Å². The molecule has 1 aliphatic heterocycles. The van der Waals surface area contributed by atoms with Crippen LogP contribution in [0.4, 0.5) is 5.69 Å². The van der Waals surface area contributed by atoms with Crippen molar-refractivity contribution in [3.8, 4) is 5.75 Å². The van der Waals surface area contributed by atoms with Crippen molar-refractivity contribution < 1.29 is 18.7 Å². The van der Waals surface area contributed by atoms with Crippen LogP contribution in [-0.2, 0) is 17.9 Å². The quantitative estimate of drug-likeness (QED) is 0.241. The number of carbonyl (C=O) groups excluding carboxylic acids is 2. The second-order valence-electron chi connectivity index (χ2n) is 10.8. The molecule has 0 radical (unpaired) electrons. The molecule has 2 heterocycles. The van der Waals surface area contributed by atoms with Crippen LogP contribution in [-0.4, -0.2) is 54.9 Å². The Morgan fingerprint density at radius 2 is 1.79 bits per heavy atom. The van der Waals surface area contributed by atoms with E-state index >= 15 is 0 Å². The minimum absolute atomic E-state index is 0.0662. The van der Waals surface area contributed by atoms with E-state index in [1.54, 1.807) is 7.11 Å². The number of rotatable bonds is 6. The van der Waals surface area contributed by atoms with Gasteiger partial charge in [0, 0.05) is 56.1 Å². The molecule has 0 atom stereocenters. The van der Waals surface area contributed by atoms with Crippen LogP contribution in [0.2, 0.25) is 5.02 Å². The molecule has 0 N–H and O–H groups in total. The summed E-state index contributed by atoms with van der Waals surface area (Å²) in [6.45, 7) is 7.48. The van der Waals surface area contributed by atoms with Crippen molar-refractivity contribution in [1.29, 1.82) is 0 Å². The number of halogens is 1.